The van der Waals surface area contributed by atoms with Gasteiger partial charge in [0.1, 0.15) is 5.82 Å². The molecule has 6 nitrogen and oxygen atoms in total. The van der Waals surface area contributed by atoms with Gasteiger partial charge >= 0.3 is 0 Å². The number of hydrogen-bond donors (Lipinski definition) is 1. The third-order valence-corrected chi connectivity index (χ3v) is 6.80. The number of benzene rings is 3. The molecule has 186 valence electrons. The zero-order chi connectivity index (χ0) is 25.5. The summed E-state index contributed by atoms with van der Waals surface area (Å²) in [6.07, 6.45) is 0. The lowest BCUT2D eigenvalue weighted by molar-refractivity contribution is 0.0950. The summed E-state index contributed by atoms with van der Waals surface area (Å²) in [7, 11) is 1.68. The molecule has 3 aromatic carbocycles. The molecule has 8 heteroatoms. The van der Waals surface area contributed by atoms with E-state index in [1.54, 1.807) is 19.2 Å². The topological polar surface area (TPSA) is 69.0 Å². The first-order chi connectivity index (χ1) is 17.5. The molecular formula is C28H29FN4O2S. The maximum atomic E-state index is 13.2. The van der Waals surface area contributed by atoms with Crippen molar-refractivity contribution in [1.29, 1.82) is 0 Å². The van der Waals surface area contributed by atoms with Crippen LogP contribution < -0.4 is 5.32 Å². The molecule has 4 aromatic rings. The van der Waals surface area contributed by atoms with E-state index in [0.717, 1.165) is 27.7 Å². The van der Waals surface area contributed by atoms with Crippen molar-refractivity contribution in [2.24, 2.45) is 0 Å². The predicted octanol–water partition coefficient (Wildman–Crippen LogP) is 5.82. The fraction of sp³-hybridized carbons (Fsp3) is 0.250. The number of methoxy groups -OCH3 is 1. The molecule has 36 heavy (non-hydrogen) atoms. The second kappa shape index (κ2) is 12.0. The molecule has 0 spiro atoms. The molecule has 0 aliphatic carbocycles. The van der Waals surface area contributed by atoms with Gasteiger partial charge in [-0.15, -0.1) is 10.2 Å². The third kappa shape index (κ3) is 6.19. The van der Waals surface area contributed by atoms with Crippen LogP contribution in [0.3, 0.4) is 0 Å². The van der Waals surface area contributed by atoms with Crippen LogP contribution in [-0.2, 0) is 17.0 Å². The van der Waals surface area contributed by atoms with E-state index in [4.69, 9.17) is 4.74 Å². The molecular weight excluding hydrogens is 475 g/mol. The van der Waals surface area contributed by atoms with Crippen LogP contribution in [0.4, 0.5) is 4.39 Å². The van der Waals surface area contributed by atoms with Gasteiger partial charge in [0.2, 0.25) is 0 Å². The zero-order valence-electron chi connectivity index (χ0n) is 20.6. The highest BCUT2D eigenvalue weighted by atomic mass is 32.2. The van der Waals surface area contributed by atoms with Crippen LogP contribution in [0.25, 0.3) is 11.4 Å². The average molecular weight is 505 g/mol. The van der Waals surface area contributed by atoms with Gasteiger partial charge in [-0.2, -0.15) is 0 Å². The molecule has 4 rings (SSSR count). The molecule has 1 N–H and O–H groups in total. The smallest absolute Gasteiger partial charge is 0.251 e. The summed E-state index contributed by atoms with van der Waals surface area (Å²) < 4.78 is 20.7. The fourth-order valence-corrected chi connectivity index (χ4v) is 4.92. The number of amides is 1. The Bertz CT molecular complexity index is 1310. The van der Waals surface area contributed by atoms with Gasteiger partial charge in [-0.1, -0.05) is 71.9 Å². The van der Waals surface area contributed by atoms with E-state index in [1.807, 2.05) is 36.4 Å². The monoisotopic (exact) mass is 504 g/mol. The second-order valence-electron chi connectivity index (χ2n) is 8.60. The Balaban J connectivity index is 1.52. The van der Waals surface area contributed by atoms with Gasteiger partial charge in [0.15, 0.2) is 11.0 Å². The average Bonchev–Trinajstić information content (AvgIpc) is 3.32. The number of carbonyl (C=O) groups excluding carboxylic acids is 1. The van der Waals surface area contributed by atoms with Gasteiger partial charge in [-0.25, -0.2) is 4.39 Å². The van der Waals surface area contributed by atoms with Gasteiger partial charge in [0, 0.05) is 30.5 Å². The van der Waals surface area contributed by atoms with Crippen LogP contribution in [0.5, 0.6) is 0 Å². The molecule has 0 aliphatic heterocycles. The first kappa shape index (κ1) is 25.6. The maximum absolute atomic E-state index is 13.2. The van der Waals surface area contributed by atoms with Crippen molar-refractivity contribution >= 4 is 17.7 Å². The van der Waals surface area contributed by atoms with Crippen molar-refractivity contribution < 1.29 is 13.9 Å². The molecule has 0 saturated carbocycles. The minimum Gasteiger partial charge on any atom is -0.383 e. The van der Waals surface area contributed by atoms with E-state index < -0.39 is 0 Å². The summed E-state index contributed by atoms with van der Waals surface area (Å²) in [6, 6.07) is 21.9. The van der Waals surface area contributed by atoms with Gasteiger partial charge in [0.05, 0.1) is 12.6 Å². The molecule has 0 saturated heterocycles. The summed E-state index contributed by atoms with van der Waals surface area (Å²) in [5.41, 5.74) is 4.49. The first-order valence-corrected chi connectivity index (χ1v) is 12.7. The number of nitrogens with one attached hydrogen (secondary N) is 1. The summed E-state index contributed by atoms with van der Waals surface area (Å²) in [6.45, 7) is 4.97. The highest BCUT2D eigenvalue weighted by molar-refractivity contribution is 7.98. The number of thioether (sulfide) groups is 1. The number of rotatable bonds is 10. The summed E-state index contributed by atoms with van der Waals surface area (Å²) in [4.78, 5) is 12.9. The normalized spacial score (nSPS) is 11.9. The van der Waals surface area contributed by atoms with Crippen LogP contribution in [0.15, 0.2) is 78.0 Å². The highest BCUT2D eigenvalue weighted by Gasteiger charge is 2.20. The molecule has 0 radical (unpaired) electrons. The number of nitrogens with zero attached hydrogens (tertiary/aromatic N) is 3. The minimum absolute atomic E-state index is 0.0260. The standard InChI is InChI=1S/C28H29FN4O2S/c1-19-8-12-22(13-9-19)26-31-32-28(33(26)20(2)17-35-3)36-18-23-6-4-5-7-25(23)27(34)30-16-21-10-14-24(29)15-11-21/h4-15,20H,16-18H2,1-3H3,(H,30,34)/t20-/m1/s1. The SMILES string of the molecule is COC[C@@H](C)n1c(SCc2ccccc2C(=O)NCc2ccc(F)cc2)nnc1-c1ccc(C)cc1. The Labute approximate surface area is 214 Å². The highest BCUT2D eigenvalue weighted by Crippen LogP contribution is 2.30. The van der Waals surface area contributed by atoms with Gasteiger partial charge in [-0.3, -0.25) is 9.36 Å². The molecule has 0 unspecified atom stereocenters. The molecule has 1 atom stereocenters. The molecule has 1 heterocycles. The number of aromatic nitrogens is 3. The molecule has 0 bridgehead atoms. The molecule has 0 fully saturated rings. The lowest BCUT2D eigenvalue weighted by atomic mass is 10.1. The van der Waals surface area contributed by atoms with E-state index in [9.17, 15) is 9.18 Å². The van der Waals surface area contributed by atoms with Gasteiger partial charge in [-0.05, 0) is 43.2 Å². The van der Waals surface area contributed by atoms with Gasteiger partial charge in [0.25, 0.3) is 5.91 Å². The Morgan fingerprint density at radius 2 is 1.78 bits per heavy atom. The molecule has 0 aliphatic rings. The largest absolute Gasteiger partial charge is 0.383 e. The van der Waals surface area contributed by atoms with Crippen molar-refractivity contribution in [2.45, 2.75) is 37.3 Å². The maximum Gasteiger partial charge on any atom is 0.251 e. The molecule has 1 amide bonds. The van der Waals surface area contributed by atoms with E-state index in [-0.39, 0.29) is 17.8 Å². The van der Waals surface area contributed by atoms with Crippen molar-refractivity contribution in [3.63, 3.8) is 0 Å². The van der Waals surface area contributed by atoms with E-state index in [0.29, 0.717) is 24.5 Å². The van der Waals surface area contributed by atoms with Crippen LogP contribution in [0.2, 0.25) is 0 Å². The Kier molecular flexibility index (Phi) is 8.51. The van der Waals surface area contributed by atoms with Crippen LogP contribution in [0.1, 0.15) is 40.0 Å². The second-order valence-corrected chi connectivity index (χ2v) is 9.54. The van der Waals surface area contributed by atoms with Crippen molar-refractivity contribution in [3.05, 3.63) is 101 Å². The lowest BCUT2D eigenvalue weighted by Gasteiger charge is -2.17. The van der Waals surface area contributed by atoms with Crippen LogP contribution in [0, 0.1) is 12.7 Å². The van der Waals surface area contributed by atoms with E-state index in [2.05, 4.69) is 46.1 Å². The van der Waals surface area contributed by atoms with Crippen LogP contribution >= 0.6 is 11.8 Å². The lowest BCUT2D eigenvalue weighted by Crippen LogP contribution is -2.24. The third-order valence-electron chi connectivity index (χ3n) is 5.81. The van der Waals surface area contributed by atoms with Crippen molar-refractivity contribution in [2.75, 3.05) is 13.7 Å². The van der Waals surface area contributed by atoms with Crippen molar-refractivity contribution in [1.82, 2.24) is 20.1 Å². The Hall–Kier alpha value is -3.49. The summed E-state index contributed by atoms with van der Waals surface area (Å²) >= 11 is 1.53. The Morgan fingerprint density at radius 1 is 1.06 bits per heavy atom. The minimum atomic E-state index is -0.300. The summed E-state index contributed by atoms with van der Waals surface area (Å²) in [5.74, 6) is 0.856. The zero-order valence-corrected chi connectivity index (χ0v) is 21.4. The quantitative estimate of drug-likeness (QED) is 0.276. The first-order valence-electron chi connectivity index (χ1n) is 11.7. The fourth-order valence-electron chi connectivity index (χ4n) is 3.88. The van der Waals surface area contributed by atoms with E-state index >= 15 is 0 Å². The van der Waals surface area contributed by atoms with Gasteiger partial charge < -0.3 is 10.1 Å². The number of halogens is 1. The number of ether oxygens (including phenoxy) is 1. The summed E-state index contributed by atoms with van der Waals surface area (Å²) in [5, 5.41) is 12.7. The number of hydrogen-bond acceptors (Lipinski definition) is 5. The predicted molar refractivity (Wildman–Crippen MR) is 140 cm³/mol. The van der Waals surface area contributed by atoms with E-state index in [1.165, 1.54) is 29.5 Å². The van der Waals surface area contributed by atoms with Crippen LogP contribution in [-0.4, -0.2) is 34.4 Å². The van der Waals surface area contributed by atoms with Crippen molar-refractivity contribution in [3.8, 4) is 11.4 Å². The Morgan fingerprint density at radius 3 is 2.50 bits per heavy atom. The number of carbonyl (C=O) groups is 1. The number of aryl methyl sites for hydroxylation is 1. The molecule has 1 aromatic heterocycles.